The van der Waals surface area contributed by atoms with Crippen LogP contribution in [0.3, 0.4) is 0 Å². The van der Waals surface area contributed by atoms with Crippen molar-refractivity contribution in [2.24, 2.45) is 0 Å². The summed E-state index contributed by atoms with van der Waals surface area (Å²) in [6.45, 7) is -1.70. The fourth-order valence-corrected chi connectivity index (χ4v) is 1.60. The third-order valence-corrected chi connectivity index (χ3v) is 2.74. The van der Waals surface area contributed by atoms with Crippen molar-refractivity contribution in [2.45, 2.75) is 5.92 Å². The summed E-state index contributed by atoms with van der Waals surface area (Å²) in [5.74, 6) is -8.11. The van der Waals surface area contributed by atoms with Crippen molar-refractivity contribution < 1.29 is 33.1 Å². The van der Waals surface area contributed by atoms with Crippen molar-refractivity contribution in [3.8, 4) is 0 Å². The number of alkyl halides is 2. The Balaban J connectivity index is 2.94. The Kier molecular flexibility index (Phi) is 4.92. The molecule has 0 radical (unpaired) electrons. The molecule has 0 aliphatic carbocycles. The number of nitrogens with zero attached hydrogens (tertiary/aromatic N) is 1. The lowest BCUT2D eigenvalue weighted by atomic mass is 10.2. The molecular weight excluding hydrogens is 395 g/mol. The summed E-state index contributed by atoms with van der Waals surface area (Å²) in [5, 5.41) is 18.9. The Morgan fingerprint density at radius 3 is 2.55 bits per heavy atom. The van der Waals surface area contributed by atoms with E-state index in [2.05, 4.69) is 4.74 Å². The van der Waals surface area contributed by atoms with E-state index in [9.17, 15) is 28.5 Å². The number of halogens is 3. The van der Waals surface area contributed by atoms with E-state index < -0.39 is 40.6 Å². The SMILES string of the molecule is O=C(OCC(F)(F)C(=O)O)c1ccc(I)cc1[N+](=O)[O-]. The number of benzene rings is 1. The fourth-order valence-electron chi connectivity index (χ4n) is 1.12. The van der Waals surface area contributed by atoms with E-state index in [1.165, 1.54) is 6.07 Å². The number of nitro groups is 1. The predicted molar refractivity (Wildman–Crippen MR) is 68.7 cm³/mol. The minimum absolute atomic E-state index is 0.460. The van der Waals surface area contributed by atoms with Crippen LogP contribution in [0.1, 0.15) is 10.4 Å². The van der Waals surface area contributed by atoms with Gasteiger partial charge in [0.15, 0.2) is 6.61 Å². The molecule has 0 unspecified atom stereocenters. The number of carboxylic acids is 1. The first-order valence-electron chi connectivity index (χ1n) is 4.87. The molecule has 0 amide bonds. The molecule has 0 saturated heterocycles. The number of carbonyl (C=O) groups is 2. The molecular formula is C10H6F2INO6. The van der Waals surface area contributed by atoms with Crippen molar-refractivity contribution >= 4 is 40.2 Å². The van der Waals surface area contributed by atoms with Gasteiger partial charge in [0.2, 0.25) is 0 Å². The van der Waals surface area contributed by atoms with Gasteiger partial charge in [-0.1, -0.05) is 0 Å². The van der Waals surface area contributed by atoms with E-state index in [0.717, 1.165) is 12.1 Å². The number of nitro benzene ring substituents is 1. The van der Waals surface area contributed by atoms with E-state index in [4.69, 9.17) is 5.11 Å². The number of carboxylic acid groups (broad SMARTS) is 1. The Labute approximate surface area is 123 Å². The van der Waals surface area contributed by atoms with Crippen LogP contribution in [0.4, 0.5) is 14.5 Å². The van der Waals surface area contributed by atoms with Gasteiger partial charge >= 0.3 is 17.9 Å². The largest absolute Gasteiger partial charge is 0.477 e. The van der Waals surface area contributed by atoms with Gasteiger partial charge < -0.3 is 9.84 Å². The average molecular weight is 401 g/mol. The van der Waals surface area contributed by atoms with Crippen LogP contribution in [-0.2, 0) is 9.53 Å². The molecule has 0 aromatic heterocycles. The highest BCUT2D eigenvalue weighted by Gasteiger charge is 2.41. The summed E-state index contributed by atoms with van der Waals surface area (Å²) in [6, 6.07) is 3.45. The highest BCUT2D eigenvalue weighted by atomic mass is 127. The van der Waals surface area contributed by atoms with Gasteiger partial charge in [0.1, 0.15) is 5.56 Å². The summed E-state index contributed by atoms with van der Waals surface area (Å²) in [5.41, 5.74) is -1.14. The van der Waals surface area contributed by atoms with Crippen LogP contribution in [0, 0.1) is 13.7 Å². The second kappa shape index (κ2) is 6.07. The maximum absolute atomic E-state index is 12.7. The number of ether oxygens (including phenoxy) is 1. The van der Waals surface area contributed by atoms with Crippen LogP contribution >= 0.6 is 22.6 Å². The molecule has 0 fully saturated rings. The molecule has 10 heteroatoms. The first-order chi connectivity index (χ1) is 9.15. The van der Waals surface area contributed by atoms with Gasteiger partial charge in [0.25, 0.3) is 5.69 Å². The number of hydrogen-bond donors (Lipinski definition) is 1. The molecule has 0 aliphatic heterocycles. The molecule has 0 aliphatic rings. The molecule has 1 aromatic carbocycles. The average Bonchev–Trinajstić information content (AvgIpc) is 2.35. The molecule has 0 atom stereocenters. The molecule has 20 heavy (non-hydrogen) atoms. The molecule has 1 rings (SSSR count). The molecule has 0 spiro atoms. The van der Waals surface area contributed by atoms with Gasteiger partial charge in [-0.3, -0.25) is 10.1 Å². The summed E-state index contributed by atoms with van der Waals surface area (Å²) in [6.07, 6.45) is 0. The molecule has 0 bridgehead atoms. The van der Waals surface area contributed by atoms with Crippen LogP contribution in [-0.4, -0.2) is 34.5 Å². The minimum atomic E-state index is -4.26. The lowest BCUT2D eigenvalue weighted by Gasteiger charge is -2.11. The zero-order chi connectivity index (χ0) is 15.5. The molecule has 0 saturated carbocycles. The minimum Gasteiger partial charge on any atom is -0.477 e. The van der Waals surface area contributed by atoms with Gasteiger partial charge in [-0.2, -0.15) is 8.78 Å². The topological polar surface area (TPSA) is 107 Å². The second-order valence-electron chi connectivity index (χ2n) is 3.50. The van der Waals surface area contributed by atoms with Crippen molar-refractivity contribution in [1.29, 1.82) is 0 Å². The van der Waals surface area contributed by atoms with Gasteiger partial charge in [0, 0.05) is 9.64 Å². The van der Waals surface area contributed by atoms with E-state index >= 15 is 0 Å². The van der Waals surface area contributed by atoms with Crippen LogP contribution in [0.5, 0.6) is 0 Å². The van der Waals surface area contributed by atoms with Gasteiger partial charge in [-0.05, 0) is 34.7 Å². The Morgan fingerprint density at radius 1 is 1.45 bits per heavy atom. The number of rotatable bonds is 5. The van der Waals surface area contributed by atoms with E-state index in [1.54, 1.807) is 22.6 Å². The first-order valence-corrected chi connectivity index (χ1v) is 5.95. The Bertz CT molecular complexity index is 577. The summed E-state index contributed by atoms with van der Waals surface area (Å²) >= 11 is 1.77. The van der Waals surface area contributed by atoms with Crippen LogP contribution in [0.25, 0.3) is 0 Å². The zero-order valence-electron chi connectivity index (χ0n) is 9.51. The third-order valence-electron chi connectivity index (χ3n) is 2.07. The van der Waals surface area contributed by atoms with Crippen LogP contribution in [0.2, 0.25) is 0 Å². The van der Waals surface area contributed by atoms with Gasteiger partial charge in [-0.15, -0.1) is 0 Å². The highest BCUT2D eigenvalue weighted by molar-refractivity contribution is 14.1. The van der Waals surface area contributed by atoms with E-state index in [-0.39, 0.29) is 0 Å². The van der Waals surface area contributed by atoms with Gasteiger partial charge in [0.05, 0.1) is 4.92 Å². The lowest BCUT2D eigenvalue weighted by Crippen LogP contribution is -2.34. The van der Waals surface area contributed by atoms with Gasteiger partial charge in [-0.25, -0.2) is 9.59 Å². The van der Waals surface area contributed by atoms with Crippen molar-refractivity contribution in [1.82, 2.24) is 0 Å². The maximum Gasteiger partial charge on any atom is 0.378 e. The summed E-state index contributed by atoms with van der Waals surface area (Å²) in [4.78, 5) is 31.5. The first kappa shape index (κ1) is 16.2. The monoisotopic (exact) mass is 401 g/mol. The van der Waals surface area contributed by atoms with Crippen molar-refractivity contribution in [2.75, 3.05) is 6.61 Å². The van der Waals surface area contributed by atoms with E-state index in [1.807, 2.05) is 0 Å². The number of carbonyl (C=O) groups excluding carboxylic acids is 1. The van der Waals surface area contributed by atoms with Crippen molar-refractivity contribution in [3.63, 3.8) is 0 Å². The second-order valence-corrected chi connectivity index (χ2v) is 4.75. The number of hydrogen-bond acceptors (Lipinski definition) is 5. The quantitative estimate of drug-likeness (QED) is 0.351. The van der Waals surface area contributed by atoms with Crippen molar-refractivity contribution in [3.05, 3.63) is 37.4 Å². The van der Waals surface area contributed by atoms with Crippen LogP contribution < -0.4 is 0 Å². The predicted octanol–water partition coefficient (Wildman–Crippen LogP) is 2.08. The Hall–Kier alpha value is -1.85. The molecule has 1 aromatic rings. The number of aliphatic carboxylic acids is 1. The highest BCUT2D eigenvalue weighted by Crippen LogP contribution is 2.23. The molecule has 108 valence electrons. The normalized spacial score (nSPS) is 10.9. The fraction of sp³-hybridized carbons (Fsp3) is 0.200. The molecule has 7 nitrogen and oxygen atoms in total. The Morgan fingerprint density at radius 2 is 2.05 bits per heavy atom. The lowest BCUT2D eigenvalue weighted by molar-refractivity contribution is -0.385. The smallest absolute Gasteiger partial charge is 0.378 e. The maximum atomic E-state index is 12.7. The van der Waals surface area contributed by atoms with Crippen LogP contribution in [0.15, 0.2) is 18.2 Å². The van der Waals surface area contributed by atoms with E-state index in [0.29, 0.717) is 3.57 Å². The third kappa shape index (κ3) is 3.82. The molecule has 1 N–H and O–H groups in total. The zero-order valence-corrected chi connectivity index (χ0v) is 11.7. The summed E-state index contributed by atoms with van der Waals surface area (Å²) in [7, 11) is 0. The number of esters is 1. The summed E-state index contributed by atoms with van der Waals surface area (Å²) < 4.78 is 30.0. The standard InChI is InChI=1S/C10H6F2INO6/c11-10(12,9(16)17)4-20-8(15)6-2-1-5(13)3-7(6)14(18)19/h1-3H,4H2,(H,16,17). The molecule has 0 heterocycles.